The molecule has 1 aromatic heterocycles. The highest BCUT2D eigenvalue weighted by Crippen LogP contribution is 2.38. The zero-order valence-electron chi connectivity index (χ0n) is 17.3. The van der Waals surface area contributed by atoms with Crippen LogP contribution in [0.1, 0.15) is 24.3 Å². The van der Waals surface area contributed by atoms with Gasteiger partial charge < -0.3 is 10.1 Å². The van der Waals surface area contributed by atoms with Crippen molar-refractivity contribution in [2.24, 2.45) is 0 Å². The lowest BCUT2D eigenvalue weighted by Crippen LogP contribution is -2.33. The van der Waals surface area contributed by atoms with Crippen LogP contribution in [-0.4, -0.2) is 17.9 Å². The van der Waals surface area contributed by atoms with Crippen molar-refractivity contribution in [3.05, 3.63) is 81.1 Å². The second kappa shape index (κ2) is 8.57. The lowest BCUT2D eigenvalue weighted by atomic mass is 10.1. The molecule has 2 aromatic carbocycles. The molecule has 0 saturated heterocycles. The van der Waals surface area contributed by atoms with Crippen molar-refractivity contribution in [3.8, 4) is 5.75 Å². The first kappa shape index (κ1) is 21.2. The number of hydrogen-bond donors (Lipinski definition) is 1. The van der Waals surface area contributed by atoms with E-state index in [0.717, 1.165) is 10.6 Å². The number of nitrogens with zero attached hydrogens (tertiary/aromatic N) is 1. The number of imide groups is 1. The Balaban J connectivity index is 1.73. The summed E-state index contributed by atoms with van der Waals surface area (Å²) in [7, 11) is 0. The molecule has 0 aliphatic carbocycles. The third-order valence-electron chi connectivity index (χ3n) is 4.83. The molecule has 0 unspecified atom stereocenters. The monoisotopic (exact) mass is 452 g/mol. The average molecular weight is 453 g/mol. The van der Waals surface area contributed by atoms with Gasteiger partial charge in [0.2, 0.25) is 0 Å². The molecule has 0 bridgehead atoms. The number of anilines is 2. The minimum Gasteiger partial charge on any atom is -0.491 e. The van der Waals surface area contributed by atoms with Crippen LogP contribution in [0, 0.1) is 6.92 Å². The first-order valence-corrected chi connectivity index (χ1v) is 11.1. The molecule has 158 valence electrons. The molecule has 0 radical (unpaired) electrons. The maximum Gasteiger partial charge on any atom is 0.282 e. The minimum atomic E-state index is -0.415. The molecule has 0 atom stereocenters. The summed E-state index contributed by atoms with van der Waals surface area (Å²) in [5.74, 6) is -0.0561. The fourth-order valence-electron chi connectivity index (χ4n) is 3.39. The number of thiophene rings is 1. The Labute approximate surface area is 189 Å². The largest absolute Gasteiger partial charge is 0.491 e. The van der Waals surface area contributed by atoms with E-state index in [2.05, 4.69) is 5.32 Å². The van der Waals surface area contributed by atoms with Gasteiger partial charge in [-0.25, -0.2) is 4.90 Å². The molecule has 0 saturated carbocycles. The fourth-order valence-corrected chi connectivity index (χ4v) is 4.32. The van der Waals surface area contributed by atoms with Gasteiger partial charge in [-0.2, -0.15) is 0 Å². The molecule has 5 nitrogen and oxygen atoms in total. The highest BCUT2D eigenvalue weighted by atomic mass is 35.5. The summed E-state index contributed by atoms with van der Waals surface area (Å²) in [6, 6.07) is 16.2. The van der Waals surface area contributed by atoms with Crippen LogP contribution in [-0.2, 0) is 9.59 Å². The Morgan fingerprint density at radius 1 is 1.00 bits per heavy atom. The summed E-state index contributed by atoms with van der Waals surface area (Å²) in [6.07, 6.45) is 0.0653. The number of rotatable bonds is 6. The maximum absolute atomic E-state index is 13.4. The van der Waals surface area contributed by atoms with Crippen molar-refractivity contribution in [2.45, 2.75) is 26.9 Å². The van der Waals surface area contributed by atoms with E-state index in [4.69, 9.17) is 16.3 Å². The van der Waals surface area contributed by atoms with Crippen LogP contribution in [0.2, 0.25) is 5.02 Å². The van der Waals surface area contributed by atoms with Crippen molar-refractivity contribution in [2.75, 3.05) is 10.2 Å². The topological polar surface area (TPSA) is 58.6 Å². The van der Waals surface area contributed by atoms with E-state index < -0.39 is 5.91 Å². The highest BCUT2D eigenvalue weighted by Gasteiger charge is 2.41. The number of hydrogen-bond acceptors (Lipinski definition) is 5. The van der Waals surface area contributed by atoms with Gasteiger partial charge in [0.1, 0.15) is 11.4 Å². The van der Waals surface area contributed by atoms with Crippen LogP contribution in [0.25, 0.3) is 5.57 Å². The van der Waals surface area contributed by atoms with Crippen LogP contribution in [0.4, 0.5) is 11.4 Å². The predicted molar refractivity (Wildman–Crippen MR) is 126 cm³/mol. The summed E-state index contributed by atoms with van der Waals surface area (Å²) in [6.45, 7) is 5.71. The zero-order valence-corrected chi connectivity index (χ0v) is 18.9. The Kier molecular flexibility index (Phi) is 5.85. The highest BCUT2D eigenvalue weighted by molar-refractivity contribution is 7.11. The molecule has 3 aromatic rings. The summed E-state index contributed by atoms with van der Waals surface area (Å²) >= 11 is 7.66. The molecule has 0 fully saturated rings. The van der Waals surface area contributed by atoms with Gasteiger partial charge in [0, 0.05) is 15.6 Å². The van der Waals surface area contributed by atoms with E-state index in [9.17, 15) is 9.59 Å². The second-order valence-corrected chi connectivity index (χ2v) is 8.73. The Bertz CT molecular complexity index is 1170. The summed E-state index contributed by atoms with van der Waals surface area (Å²) in [4.78, 5) is 28.7. The van der Waals surface area contributed by atoms with Crippen molar-refractivity contribution >= 4 is 51.7 Å². The predicted octanol–water partition coefficient (Wildman–Crippen LogP) is 5.89. The smallest absolute Gasteiger partial charge is 0.282 e. The van der Waals surface area contributed by atoms with Crippen LogP contribution in [0.3, 0.4) is 0 Å². The Hall–Kier alpha value is -3.09. The Morgan fingerprint density at radius 2 is 1.74 bits per heavy atom. The number of carbonyl (C=O) groups is 2. The van der Waals surface area contributed by atoms with Gasteiger partial charge in [-0.1, -0.05) is 23.7 Å². The van der Waals surface area contributed by atoms with Gasteiger partial charge in [0.25, 0.3) is 11.8 Å². The lowest BCUT2D eigenvalue weighted by Gasteiger charge is -2.18. The van der Waals surface area contributed by atoms with E-state index in [1.165, 1.54) is 16.2 Å². The van der Waals surface area contributed by atoms with E-state index in [1.807, 2.05) is 55.6 Å². The summed E-state index contributed by atoms with van der Waals surface area (Å²) < 4.78 is 5.68. The first-order chi connectivity index (χ1) is 14.9. The molecule has 1 aliphatic heterocycles. The molecule has 1 N–H and O–H groups in total. The van der Waals surface area contributed by atoms with Crippen LogP contribution in [0.15, 0.2) is 65.7 Å². The molecule has 2 amide bonds. The van der Waals surface area contributed by atoms with Gasteiger partial charge in [0.05, 0.1) is 17.4 Å². The summed E-state index contributed by atoms with van der Waals surface area (Å²) in [5, 5.41) is 5.54. The molecule has 31 heavy (non-hydrogen) atoms. The standard InChI is InChI=1S/C24H21ClN2O3S/c1-14(2)30-17-11-9-16(10-12-17)26-22-21(20-8-5-13-31-20)23(28)27(24(22)29)19-7-4-6-18(25)15(19)3/h4-14,26H,1-3H3. The van der Waals surface area contributed by atoms with Crippen molar-refractivity contribution in [1.82, 2.24) is 0 Å². The van der Waals surface area contributed by atoms with Crippen LogP contribution >= 0.6 is 22.9 Å². The number of halogens is 1. The maximum atomic E-state index is 13.4. The van der Waals surface area contributed by atoms with E-state index in [0.29, 0.717) is 27.5 Å². The number of ether oxygens (including phenoxy) is 1. The summed E-state index contributed by atoms with van der Waals surface area (Å²) in [5.41, 5.74) is 2.43. The minimum absolute atomic E-state index is 0.0653. The molecule has 1 aliphatic rings. The van der Waals surface area contributed by atoms with Gasteiger partial charge in [-0.15, -0.1) is 11.3 Å². The van der Waals surface area contributed by atoms with E-state index >= 15 is 0 Å². The number of nitrogens with one attached hydrogen (secondary N) is 1. The quantitative estimate of drug-likeness (QED) is 0.473. The van der Waals surface area contributed by atoms with Gasteiger partial charge >= 0.3 is 0 Å². The van der Waals surface area contributed by atoms with Gasteiger partial charge in [0.15, 0.2) is 0 Å². The van der Waals surface area contributed by atoms with E-state index in [-0.39, 0.29) is 17.7 Å². The first-order valence-electron chi connectivity index (χ1n) is 9.82. The fraction of sp³-hybridized carbons (Fsp3) is 0.167. The van der Waals surface area contributed by atoms with E-state index in [1.54, 1.807) is 25.1 Å². The van der Waals surface area contributed by atoms with Gasteiger partial charge in [-0.3, -0.25) is 9.59 Å². The molecule has 7 heteroatoms. The number of amides is 2. The molecule has 4 rings (SSSR count). The van der Waals surface area contributed by atoms with Crippen molar-refractivity contribution in [1.29, 1.82) is 0 Å². The molecule has 2 heterocycles. The average Bonchev–Trinajstić information content (AvgIpc) is 3.33. The number of benzene rings is 2. The Morgan fingerprint density at radius 3 is 2.39 bits per heavy atom. The zero-order chi connectivity index (χ0) is 22.1. The third kappa shape index (κ3) is 4.09. The number of carbonyl (C=O) groups excluding carboxylic acids is 2. The van der Waals surface area contributed by atoms with Gasteiger partial charge in [-0.05, 0) is 74.2 Å². The SMILES string of the molecule is Cc1c(Cl)cccc1N1C(=O)C(Nc2ccc(OC(C)C)cc2)=C(c2cccs2)C1=O. The molecular formula is C24H21ClN2O3S. The van der Waals surface area contributed by atoms with Crippen molar-refractivity contribution in [3.63, 3.8) is 0 Å². The van der Waals surface area contributed by atoms with Crippen molar-refractivity contribution < 1.29 is 14.3 Å². The molecular weight excluding hydrogens is 432 g/mol. The lowest BCUT2D eigenvalue weighted by molar-refractivity contribution is -0.120. The molecule has 0 spiro atoms. The second-order valence-electron chi connectivity index (χ2n) is 7.37. The normalized spacial score (nSPS) is 14.0. The third-order valence-corrected chi connectivity index (χ3v) is 6.12. The van der Waals surface area contributed by atoms with Crippen LogP contribution in [0.5, 0.6) is 5.75 Å². The van der Waals surface area contributed by atoms with Crippen LogP contribution < -0.4 is 15.0 Å².